The van der Waals surface area contributed by atoms with E-state index in [0.29, 0.717) is 12.8 Å². The van der Waals surface area contributed by atoms with Crippen molar-refractivity contribution in [2.45, 2.75) is 491 Å². The highest BCUT2D eigenvalue weighted by Crippen LogP contribution is 2.34. The van der Waals surface area contributed by atoms with E-state index >= 15 is 0 Å². The Balaban J connectivity index is 1.33. The van der Waals surface area contributed by atoms with E-state index in [4.69, 9.17) is 28.4 Å². The number of ether oxygens (including phenoxy) is 6. The summed E-state index contributed by atoms with van der Waals surface area (Å²) < 4.78 is 34.5. The lowest BCUT2D eigenvalue weighted by Crippen LogP contribution is -2.66. The van der Waals surface area contributed by atoms with Crippen molar-refractivity contribution in [3.8, 4) is 0 Å². The van der Waals surface area contributed by atoms with Gasteiger partial charge in [-0.1, -0.05) is 370 Å². The minimum atomic E-state index is -1.98. The van der Waals surface area contributed by atoms with Gasteiger partial charge in [-0.15, -0.1) is 0 Å². The quantitative estimate of drug-likeness (QED) is 0.0199. The molecular weight excluding hydrogens is 1410 g/mol. The first-order valence-electron chi connectivity index (χ1n) is 46.0. The van der Waals surface area contributed by atoms with Crippen molar-refractivity contribution in [2.75, 3.05) is 26.4 Å². The van der Waals surface area contributed by atoms with Crippen LogP contribution in [0.1, 0.15) is 386 Å². The van der Waals surface area contributed by atoms with Gasteiger partial charge in [-0.05, 0) is 70.6 Å². The fourth-order valence-corrected chi connectivity index (χ4v) is 15.5. The number of rotatable bonds is 75. The molecule has 12 N–H and O–H groups in total. The molecule has 0 bridgehead atoms. The van der Waals surface area contributed by atoms with Gasteiger partial charge in [0.05, 0.1) is 38.6 Å². The molecule has 3 fully saturated rings. The lowest BCUT2D eigenvalue weighted by molar-refractivity contribution is -0.379. The maximum absolute atomic E-state index is 13.5. The van der Waals surface area contributed by atoms with E-state index in [1.807, 2.05) is 6.08 Å². The van der Waals surface area contributed by atoms with Gasteiger partial charge < -0.3 is 89.9 Å². The molecule has 3 aliphatic heterocycles. The van der Waals surface area contributed by atoms with Gasteiger partial charge in [0.15, 0.2) is 18.9 Å². The molecule has 3 saturated heterocycles. The summed E-state index contributed by atoms with van der Waals surface area (Å²) in [5.74, 6) is -0.279. The summed E-state index contributed by atoms with van der Waals surface area (Å²) in [6, 6.07) is -0.993. The fraction of sp³-hybridized carbons (Fsp3) is 0.880. The molecule has 17 unspecified atom stereocenters. The predicted molar refractivity (Wildman–Crippen MR) is 448 cm³/mol. The molecular formula is C92H169NO18. The minimum Gasteiger partial charge on any atom is -0.394 e. The number of carbonyl (C=O) groups is 1. The average Bonchev–Trinajstić information content (AvgIpc) is 0.780. The third-order valence-electron chi connectivity index (χ3n) is 22.8. The van der Waals surface area contributed by atoms with Crippen LogP contribution in [0.3, 0.4) is 0 Å². The van der Waals surface area contributed by atoms with Crippen LogP contribution in [-0.2, 0) is 33.2 Å². The van der Waals surface area contributed by atoms with E-state index in [0.717, 1.165) is 51.4 Å². The highest BCUT2D eigenvalue weighted by atomic mass is 16.8. The topological polar surface area (TPSA) is 307 Å². The van der Waals surface area contributed by atoms with E-state index in [2.05, 4.69) is 67.8 Å². The number of hydrogen-bond donors (Lipinski definition) is 12. The molecule has 3 aliphatic rings. The van der Waals surface area contributed by atoms with Gasteiger partial charge >= 0.3 is 0 Å². The Hall–Kier alpha value is -2.51. The molecule has 650 valence electrons. The zero-order chi connectivity index (χ0) is 80.3. The van der Waals surface area contributed by atoms with Crippen LogP contribution >= 0.6 is 0 Å². The third-order valence-corrected chi connectivity index (χ3v) is 22.8. The van der Waals surface area contributed by atoms with Crippen molar-refractivity contribution in [1.29, 1.82) is 0 Å². The Morgan fingerprint density at radius 1 is 0.324 bits per heavy atom. The lowest BCUT2D eigenvalue weighted by atomic mass is 9.96. The van der Waals surface area contributed by atoms with Crippen LogP contribution in [0.15, 0.2) is 60.8 Å². The van der Waals surface area contributed by atoms with E-state index in [-0.39, 0.29) is 18.9 Å². The summed E-state index contributed by atoms with van der Waals surface area (Å²) in [6.45, 7) is 1.77. The fourth-order valence-electron chi connectivity index (χ4n) is 15.5. The van der Waals surface area contributed by atoms with Crippen LogP contribution < -0.4 is 5.32 Å². The van der Waals surface area contributed by atoms with Crippen molar-refractivity contribution in [2.24, 2.45) is 0 Å². The molecule has 111 heavy (non-hydrogen) atoms. The van der Waals surface area contributed by atoms with Crippen molar-refractivity contribution in [3.63, 3.8) is 0 Å². The second-order valence-corrected chi connectivity index (χ2v) is 32.8. The molecule has 3 heterocycles. The number of hydrogen-bond acceptors (Lipinski definition) is 18. The van der Waals surface area contributed by atoms with Crippen LogP contribution in [-0.4, -0.2) is 193 Å². The van der Waals surface area contributed by atoms with Gasteiger partial charge in [-0.2, -0.15) is 0 Å². The van der Waals surface area contributed by atoms with Crippen LogP contribution in [0.5, 0.6) is 0 Å². The first-order valence-corrected chi connectivity index (χ1v) is 46.0. The van der Waals surface area contributed by atoms with Gasteiger partial charge in [0.2, 0.25) is 5.91 Å². The van der Waals surface area contributed by atoms with Gasteiger partial charge in [-0.3, -0.25) is 4.79 Å². The summed E-state index contributed by atoms with van der Waals surface area (Å²) in [6.07, 6.45) is 68.1. The summed E-state index contributed by atoms with van der Waals surface area (Å²) in [7, 11) is 0. The van der Waals surface area contributed by atoms with Gasteiger partial charge in [0.1, 0.15) is 73.2 Å². The molecule has 17 atom stereocenters. The summed E-state index contributed by atoms with van der Waals surface area (Å²) in [5.41, 5.74) is 0. The highest BCUT2D eigenvalue weighted by molar-refractivity contribution is 5.76. The second kappa shape index (κ2) is 71.6. The van der Waals surface area contributed by atoms with Crippen LogP contribution in [0, 0.1) is 0 Å². The first-order chi connectivity index (χ1) is 54.3. The monoisotopic (exact) mass is 1580 g/mol. The van der Waals surface area contributed by atoms with Gasteiger partial charge in [0.25, 0.3) is 0 Å². The van der Waals surface area contributed by atoms with E-state index in [1.54, 1.807) is 6.08 Å². The zero-order valence-corrected chi connectivity index (χ0v) is 70.2. The van der Waals surface area contributed by atoms with Gasteiger partial charge in [-0.25, -0.2) is 0 Å². The number of carbonyl (C=O) groups excluding carboxylic acids is 1. The zero-order valence-electron chi connectivity index (χ0n) is 70.2. The minimum absolute atomic E-state index is 0.237. The lowest BCUT2D eigenvalue weighted by Gasteiger charge is -2.48. The molecule has 0 aromatic heterocycles. The van der Waals surface area contributed by atoms with Crippen LogP contribution in [0.25, 0.3) is 0 Å². The molecule has 0 aromatic carbocycles. The molecule has 0 spiro atoms. The van der Waals surface area contributed by atoms with Crippen molar-refractivity contribution >= 4 is 5.91 Å². The van der Waals surface area contributed by atoms with Crippen molar-refractivity contribution in [3.05, 3.63) is 60.8 Å². The largest absolute Gasteiger partial charge is 0.394 e. The molecule has 19 nitrogen and oxygen atoms in total. The number of allylic oxidation sites excluding steroid dienone is 9. The number of nitrogens with one attached hydrogen (secondary N) is 1. The SMILES string of the molecule is CCCCCCC/C=C\C/C=C\C/C=C\CCCCCCCCCCCCCCCCCCCCCCC(=O)NC(COC1OC(CO)C(OC2OC(CO)C(OC3OC(CO)C(O)C(O)C3O)C(O)C2O)C(O)C1O)C(O)/C=C/CC/C=C/CCCCCCCCCCCCCCCCCCCCCCCCCCC. The first kappa shape index (κ1) is 103. The maximum atomic E-state index is 13.5. The summed E-state index contributed by atoms with van der Waals surface area (Å²) in [5, 5.41) is 121. The van der Waals surface area contributed by atoms with E-state index in [1.165, 1.54) is 302 Å². The molecule has 0 aliphatic carbocycles. The summed E-state index contributed by atoms with van der Waals surface area (Å²) in [4.78, 5) is 13.5. The predicted octanol–water partition coefficient (Wildman–Crippen LogP) is 17.7. The molecule has 0 radical (unpaired) electrons. The van der Waals surface area contributed by atoms with Crippen LogP contribution in [0.4, 0.5) is 0 Å². The Labute approximate surface area is 675 Å². The molecule has 19 heteroatoms. The summed E-state index contributed by atoms with van der Waals surface area (Å²) >= 11 is 0. The van der Waals surface area contributed by atoms with Crippen molar-refractivity contribution < 1.29 is 89.4 Å². The number of aliphatic hydroxyl groups is 11. The smallest absolute Gasteiger partial charge is 0.220 e. The second-order valence-electron chi connectivity index (χ2n) is 32.8. The third kappa shape index (κ3) is 50.1. The number of amides is 1. The average molecular weight is 1580 g/mol. The Morgan fingerprint density at radius 3 is 0.964 bits per heavy atom. The van der Waals surface area contributed by atoms with Crippen molar-refractivity contribution in [1.82, 2.24) is 5.32 Å². The van der Waals surface area contributed by atoms with Gasteiger partial charge in [0, 0.05) is 6.42 Å². The molecule has 3 rings (SSSR count). The van der Waals surface area contributed by atoms with Crippen LogP contribution in [0.2, 0.25) is 0 Å². The molecule has 0 saturated carbocycles. The number of unbranched alkanes of at least 4 members (excludes halogenated alkanes) is 51. The molecule has 0 aromatic rings. The molecule has 1 amide bonds. The number of aliphatic hydroxyl groups excluding tert-OH is 11. The van der Waals surface area contributed by atoms with E-state index < -0.39 is 124 Å². The normalized spacial score (nSPS) is 25.3. The van der Waals surface area contributed by atoms with E-state index in [9.17, 15) is 61.0 Å². The Kier molecular flexibility index (Phi) is 66.2. The maximum Gasteiger partial charge on any atom is 0.220 e. The Morgan fingerprint density at radius 2 is 0.604 bits per heavy atom. The highest BCUT2D eigenvalue weighted by Gasteiger charge is 2.54. The Bertz CT molecular complexity index is 2230. The standard InChI is InChI=1S/C92H169NO18/c1-3-5-7-9-11-13-15-17-19-21-23-25-27-29-31-33-35-36-37-38-40-42-44-46-48-50-52-54-56-58-60-62-64-66-68-70-80(98)93-75(76(97)69-67-65-63-61-59-57-55-53-51-49-47-45-43-41-39-34-32-30-28-26-24-22-20-18-16-14-12-10-8-6-4-2)74-106-90-86(104)83(101)88(78(72-95)108-90)111-92-87(105)84(102)89(79(73-96)109-92)110-91-85(103)82(100)81(99)77(71-94)107-91/h15,17,21,23,27,29,59,61,67,69,75-79,81-92,94-97,99-105H,3-14,16,18-20,22,24-26,28,30-58,60,62-66,68,70-74H2,1-2H3,(H,93,98)/b17-15-,23-21-,29-27-,61-59+,69-67+.